The lowest BCUT2D eigenvalue weighted by molar-refractivity contribution is -0.384. The molecule has 0 aliphatic rings. The van der Waals surface area contributed by atoms with Crippen LogP contribution in [0.3, 0.4) is 0 Å². The van der Waals surface area contributed by atoms with Gasteiger partial charge in [-0.2, -0.15) is 5.11 Å². The highest BCUT2D eigenvalue weighted by atomic mass is 16.6. The normalized spacial score (nSPS) is 10.9. The molecule has 148 valence electrons. The molecule has 0 aliphatic carbocycles. The number of nitrogens with one attached hydrogen (secondary N) is 2. The molecule has 0 saturated carbocycles. The van der Waals surface area contributed by atoms with Gasteiger partial charge in [-0.3, -0.25) is 10.1 Å². The molecular formula is C21H22N6O2. The lowest BCUT2D eigenvalue weighted by Crippen LogP contribution is -2.03. The minimum Gasteiger partial charge on any atom is -0.373 e. The molecule has 2 N–H and O–H groups in total. The maximum Gasteiger partial charge on any atom is 0.269 e. The van der Waals surface area contributed by atoms with Crippen LogP contribution in [0.2, 0.25) is 0 Å². The molecule has 1 aromatic heterocycles. The van der Waals surface area contributed by atoms with E-state index in [1.165, 1.54) is 12.1 Å². The number of non-ortho nitro benzene ring substituents is 1. The van der Waals surface area contributed by atoms with Gasteiger partial charge in [0.15, 0.2) is 5.82 Å². The second-order valence-corrected chi connectivity index (χ2v) is 6.58. The highest BCUT2D eigenvalue weighted by molar-refractivity contribution is 5.75. The summed E-state index contributed by atoms with van der Waals surface area (Å²) in [5, 5.41) is 26.1. The largest absolute Gasteiger partial charge is 0.373 e. The van der Waals surface area contributed by atoms with Crippen molar-refractivity contribution in [1.29, 1.82) is 0 Å². The van der Waals surface area contributed by atoms with Gasteiger partial charge in [0.1, 0.15) is 11.5 Å². The van der Waals surface area contributed by atoms with Gasteiger partial charge >= 0.3 is 0 Å². The predicted molar refractivity (Wildman–Crippen MR) is 115 cm³/mol. The summed E-state index contributed by atoms with van der Waals surface area (Å²) in [4.78, 5) is 15.2. The van der Waals surface area contributed by atoms with E-state index in [2.05, 4.69) is 25.8 Å². The number of nitro benzene ring substituents is 1. The number of azo groups is 1. The molecule has 3 aromatic rings. The molecule has 0 amide bonds. The van der Waals surface area contributed by atoms with E-state index in [1.54, 1.807) is 13.0 Å². The number of benzene rings is 2. The van der Waals surface area contributed by atoms with Crippen LogP contribution in [-0.2, 0) is 0 Å². The maximum absolute atomic E-state index is 10.9. The monoisotopic (exact) mass is 390 g/mol. The van der Waals surface area contributed by atoms with Crippen LogP contribution in [0.25, 0.3) is 0 Å². The third-order valence-electron chi connectivity index (χ3n) is 4.64. The van der Waals surface area contributed by atoms with Crippen molar-refractivity contribution in [2.75, 3.05) is 17.7 Å². The Morgan fingerprint density at radius 3 is 2.31 bits per heavy atom. The molecule has 29 heavy (non-hydrogen) atoms. The van der Waals surface area contributed by atoms with Crippen LogP contribution in [-0.4, -0.2) is 17.0 Å². The van der Waals surface area contributed by atoms with Crippen LogP contribution in [0.1, 0.15) is 16.7 Å². The van der Waals surface area contributed by atoms with Gasteiger partial charge < -0.3 is 10.6 Å². The number of pyridine rings is 1. The van der Waals surface area contributed by atoms with Crippen molar-refractivity contribution in [3.05, 3.63) is 75.3 Å². The van der Waals surface area contributed by atoms with E-state index in [1.807, 2.05) is 51.2 Å². The molecule has 1 heterocycles. The Bertz CT molecular complexity index is 1080. The Hall–Kier alpha value is -3.81. The van der Waals surface area contributed by atoms with E-state index in [0.29, 0.717) is 22.8 Å². The molecular weight excluding hydrogens is 368 g/mol. The summed E-state index contributed by atoms with van der Waals surface area (Å²) in [6, 6.07) is 14.2. The number of hydrogen-bond donors (Lipinski definition) is 2. The Balaban J connectivity index is 2.04. The number of rotatable bonds is 6. The van der Waals surface area contributed by atoms with Crippen molar-refractivity contribution in [2.24, 2.45) is 10.2 Å². The Morgan fingerprint density at radius 2 is 1.69 bits per heavy atom. The topological polar surface area (TPSA) is 105 Å². The third-order valence-corrected chi connectivity index (χ3v) is 4.64. The fraction of sp³-hybridized carbons (Fsp3) is 0.190. The number of hydrogen-bond acceptors (Lipinski definition) is 7. The van der Waals surface area contributed by atoms with E-state index >= 15 is 0 Å². The van der Waals surface area contributed by atoms with Crippen LogP contribution in [0.5, 0.6) is 0 Å². The van der Waals surface area contributed by atoms with Gasteiger partial charge in [0.25, 0.3) is 5.69 Å². The molecule has 0 fully saturated rings. The van der Waals surface area contributed by atoms with E-state index < -0.39 is 4.92 Å². The summed E-state index contributed by atoms with van der Waals surface area (Å²) in [7, 11) is 1.82. The SMILES string of the molecule is CNc1nc(Nc2ccccc2)c(N=Nc2ccc([N+](=O)[O-])cc2C)c(C)c1C. The zero-order valence-corrected chi connectivity index (χ0v) is 16.7. The number of nitrogens with zero attached hydrogens (tertiary/aromatic N) is 4. The van der Waals surface area contributed by atoms with Gasteiger partial charge in [0.2, 0.25) is 0 Å². The average Bonchev–Trinajstić information content (AvgIpc) is 2.71. The summed E-state index contributed by atoms with van der Waals surface area (Å²) < 4.78 is 0. The Labute approximate surface area is 168 Å². The Morgan fingerprint density at radius 1 is 0.966 bits per heavy atom. The summed E-state index contributed by atoms with van der Waals surface area (Å²) in [6.45, 7) is 5.70. The molecule has 0 spiro atoms. The van der Waals surface area contributed by atoms with Crippen LogP contribution >= 0.6 is 0 Å². The first-order valence-electron chi connectivity index (χ1n) is 9.08. The van der Waals surface area contributed by atoms with Crippen molar-refractivity contribution in [3.8, 4) is 0 Å². The van der Waals surface area contributed by atoms with E-state index in [0.717, 1.165) is 22.6 Å². The highest BCUT2D eigenvalue weighted by Gasteiger charge is 2.15. The number of nitro groups is 1. The van der Waals surface area contributed by atoms with Crippen molar-refractivity contribution in [3.63, 3.8) is 0 Å². The molecule has 0 radical (unpaired) electrons. The lowest BCUT2D eigenvalue weighted by atomic mass is 10.1. The molecule has 0 unspecified atom stereocenters. The highest BCUT2D eigenvalue weighted by Crippen LogP contribution is 2.36. The molecule has 2 aromatic carbocycles. The third kappa shape index (κ3) is 4.37. The Kier molecular flexibility index (Phi) is 5.82. The van der Waals surface area contributed by atoms with Crippen molar-refractivity contribution >= 4 is 34.4 Å². The van der Waals surface area contributed by atoms with Crippen molar-refractivity contribution in [1.82, 2.24) is 4.98 Å². The standard InChI is InChI=1S/C21H22N6O2/c1-13-12-17(27(28)29)10-11-18(13)25-26-19-14(2)15(3)20(22-4)24-21(19)23-16-8-6-5-7-9-16/h5-12H,1-4H3,(H2,22,23,24). The van der Waals surface area contributed by atoms with Crippen LogP contribution < -0.4 is 10.6 Å². The first-order chi connectivity index (χ1) is 13.9. The van der Waals surface area contributed by atoms with Gasteiger partial charge in [0, 0.05) is 24.9 Å². The fourth-order valence-electron chi connectivity index (χ4n) is 2.86. The quantitative estimate of drug-likeness (QED) is 0.300. The first-order valence-corrected chi connectivity index (χ1v) is 9.08. The maximum atomic E-state index is 10.9. The zero-order valence-electron chi connectivity index (χ0n) is 16.7. The average molecular weight is 390 g/mol. The molecule has 0 saturated heterocycles. The van der Waals surface area contributed by atoms with Crippen molar-refractivity contribution < 1.29 is 4.92 Å². The minimum absolute atomic E-state index is 0.0277. The summed E-state index contributed by atoms with van der Waals surface area (Å²) in [5.41, 5.74) is 4.67. The van der Waals surface area contributed by atoms with Gasteiger partial charge in [-0.05, 0) is 55.7 Å². The lowest BCUT2D eigenvalue weighted by Gasteiger charge is -2.15. The van der Waals surface area contributed by atoms with Gasteiger partial charge in [-0.25, -0.2) is 4.98 Å². The van der Waals surface area contributed by atoms with Crippen LogP contribution in [0.15, 0.2) is 58.8 Å². The first kappa shape index (κ1) is 19.9. The zero-order chi connectivity index (χ0) is 21.0. The van der Waals surface area contributed by atoms with Crippen LogP contribution in [0.4, 0.5) is 34.4 Å². The van der Waals surface area contributed by atoms with E-state index in [9.17, 15) is 10.1 Å². The number of para-hydroxylation sites is 1. The molecule has 0 aliphatic heterocycles. The van der Waals surface area contributed by atoms with Gasteiger partial charge in [-0.1, -0.05) is 18.2 Å². The second kappa shape index (κ2) is 8.47. The number of aryl methyl sites for hydroxylation is 1. The fourth-order valence-corrected chi connectivity index (χ4v) is 2.86. The minimum atomic E-state index is -0.427. The summed E-state index contributed by atoms with van der Waals surface area (Å²) >= 11 is 0. The molecule has 3 rings (SSSR count). The van der Waals surface area contributed by atoms with Gasteiger partial charge in [0.05, 0.1) is 10.6 Å². The molecule has 8 heteroatoms. The van der Waals surface area contributed by atoms with Crippen LogP contribution in [0, 0.1) is 30.9 Å². The molecule has 0 bridgehead atoms. The number of aromatic nitrogens is 1. The van der Waals surface area contributed by atoms with Gasteiger partial charge in [-0.15, -0.1) is 5.11 Å². The number of anilines is 3. The van der Waals surface area contributed by atoms with Crippen molar-refractivity contribution in [2.45, 2.75) is 20.8 Å². The van der Waals surface area contributed by atoms with E-state index in [-0.39, 0.29) is 5.69 Å². The van der Waals surface area contributed by atoms with E-state index in [4.69, 9.17) is 0 Å². The summed E-state index contributed by atoms with van der Waals surface area (Å²) in [5.74, 6) is 1.33. The molecule has 8 nitrogen and oxygen atoms in total. The smallest absolute Gasteiger partial charge is 0.269 e. The summed E-state index contributed by atoms with van der Waals surface area (Å²) in [6.07, 6.45) is 0. The predicted octanol–water partition coefficient (Wildman–Crippen LogP) is 6.12. The molecule has 0 atom stereocenters. The second-order valence-electron chi connectivity index (χ2n) is 6.58.